The van der Waals surface area contributed by atoms with Crippen molar-refractivity contribution in [1.29, 1.82) is 0 Å². The van der Waals surface area contributed by atoms with Gasteiger partial charge >= 0.3 is 17.9 Å². The molecule has 0 heterocycles. The van der Waals surface area contributed by atoms with E-state index in [1.807, 2.05) is 0 Å². The summed E-state index contributed by atoms with van der Waals surface area (Å²) in [6, 6.07) is 18.3. The molecule has 46 heavy (non-hydrogen) atoms. The number of benzene rings is 3. The Labute approximate surface area is 270 Å². The monoisotopic (exact) mass is 632 g/mol. The summed E-state index contributed by atoms with van der Waals surface area (Å²) in [7, 11) is 0. The standard InChI is InChI=1S/C37H44O9/c1-2-35(39)45-26-12-8-7-11-24-43-30-17-15-29(16-18-30)37(42)46-31-19-13-28(14-20-31)34-27-32(21-22-33(34)36(40)41)44-25-10-6-4-3-5-9-23-38/h2,13-22,27,38H,1,3-12,23-26H2,(H,40,41). The molecule has 0 amide bonds. The molecule has 0 aliphatic carbocycles. The molecular weight excluding hydrogens is 588 g/mol. The van der Waals surface area contributed by atoms with Gasteiger partial charge < -0.3 is 29.2 Å². The number of unbranched alkanes of at least 4 members (excludes halogenated alkanes) is 8. The van der Waals surface area contributed by atoms with E-state index in [0.717, 1.165) is 70.3 Å². The molecule has 0 spiro atoms. The predicted molar refractivity (Wildman–Crippen MR) is 176 cm³/mol. The second-order valence-corrected chi connectivity index (χ2v) is 10.8. The third-order valence-corrected chi connectivity index (χ3v) is 7.23. The summed E-state index contributed by atoms with van der Waals surface area (Å²) in [4.78, 5) is 35.6. The van der Waals surface area contributed by atoms with Crippen LogP contribution in [0.1, 0.15) is 84.9 Å². The van der Waals surface area contributed by atoms with Gasteiger partial charge in [-0.15, -0.1) is 0 Å². The van der Waals surface area contributed by atoms with E-state index < -0.39 is 17.9 Å². The zero-order valence-electron chi connectivity index (χ0n) is 26.3. The van der Waals surface area contributed by atoms with Crippen LogP contribution in [-0.4, -0.2) is 54.5 Å². The summed E-state index contributed by atoms with van der Waals surface area (Å²) in [6.45, 7) is 5.05. The van der Waals surface area contributed by atoms with Gasteiger partial charge in [0.05, 0.1) is 30.9 Å². The summed E-state index contributed by atoms with van der Waals surface area (Å²) in [5.74, 6) is -0.404. The molecule has 0 bridgehead atoms. The van der Waals surface area contributed by atoms with Gasteiger partial charge in [-0.3, -0.25) is 0 Å². The smallest absolute Gasteiger partial charge is 0.343 e. The number of ether oxygens (including phenoxy) is 4. The van der Waals surface area contributed by atoms with Crippen LogP contribution in [0.5, 0.6) is 17.2 Å². The number of carboxylic acid groups (broad SMARTS) is 1. The molecule has 3 aromatic rings. The first kappa shape index (κ1) is 35.8. The van der Waals surface area contributed by atoms with Crippen LogP contribution in [0.25, 0.3) is 11.1 Å². The first-order valence-electron chi connectivity index (χ1n) is 15.9. The van der Waals surface area contributed by atoms with E-state index in [1.54, 1.807) is 60.7 Å². The molecular formula is C37H44O9. The number of aliphatic hydroxyl groups is 1. The summed E-state index contributed by atoms with van der Waals surface area (Å²) < 4.78 is 22.1. The van der Waals surface area contributed by atoms with Crippen molar-refractivity contribution in [1.82, 2.24) is 0 Å². The van der Waals surface area contributed by atoms with Crippen molar-refractivity contribution in [2.45, 2.75) is 64.2 Å². The highest BCUT2D eigenvalue weighted by atomic mass is 16.5. The van der Waals surface area contributed by atoms with Gasteiger partial charge in [0, 0.05) is 12.7 Å². The van der Waals surface area contributed by atoms with Crippen LogP contribution in [0.15, 0.2) is 79.4 Å². The number of carbonyl (C=O) groups is 3. The first-order valence-corrected chi connectivity index (χ1v) is 15.9. The van der Waals surface area contributed by atoms with Crippen LogP contribution in [0.2, 0.25) is 0 Å². The second-order valence-electron chi connectivity index (χ2n) is 10.8. The summed E-state index contributed by atoms with van der Waals surface area (Å²) in [6.07, 6.45) is 10.6. The van der Waals surface area contributed by atoms with E-state index in [1.165, 1.54) is 6.07 Å². The number of carboxylic acids is 1. The van der Waals surface area contributed by atoms with Gasteiger partial charge in [-0.05, 0) is 104 Å². The minimum Gasteiger partial charge on any atom is -0.494 e. The molecule has 0 unspecified atom stereocenters. The molecule has 246 valence electrons. The molecule has 0 saturated carbocycles. The molecule has 0 aliphatic heterocycles. The average Bonchev–Trinajstić information content (AvgIpc) is 3.07. The van der Waals surface area contributed by atoms with Gasteiger partial charge in [0.15, 0.2) is 0 Å². The number of rotatable bonds is 22. The number of aliphatic hydroxyl groups excluding tert-OH is 1. The Balaban J connectivity index is 1.46. The Morgan fingerprint density at radius 3 is 1.80 bits per heavy atom. The van der Waals surface area contributed by atoms with Crippen molar-refractivity contribution in [3.63, 3.8) is 0 Å². The fourth-order valence-electron chi connectivity index (χ4n) is 4.68. The van der Waals surface area contributed by atoms with Crippen molar-refractivity contribution >= 4 is 17.9 Å². The van der Waals surface area contributed by atoms with Crippen LogP contribution in [0.3, 0.4) is 0 Å². The van der Waals surface area contributed by atoms with Crippen LogP contribution in [0.4, 0.5) is 0 Å². The van der Waals surface area contributed by atoms with Gasteiger partial charge in [0.2, 0.25) is 0 Å². The highest BCUT2D eigenvalue weighted by Crippen LogP contribution is 2.30. The van der Waals surface area contributed by atoms with Gasteiger partial charge in [-0.2, -0.15) is 0 Å². The highest BCUT2D eigenvalue weighted by molar-refractivity contribution is 5.96. The Morgan fingerprint density at radius 2 is 1.20 bits per heavy atom. The maximum Gasteiger partial charge on any atom is 0.343 e. The first-order chi connectivity index (χ1) is 22.4. The van der Waals surface area contributed by atoms with E-state index in [4.69, 9.17) is 24.1 Å². The van der Waals surface area contributed by atoms with Gasteiger partial charge in [-0.1, -0.05) is 44.4 Å². The van der Waals surface area contributed by atoms with Crippen molar-refractivity contribution in [2.24, 2.45) is 0 Å². The molecule has 2 N–H and O–H groups in total. The Kier molecular flexibility index (Phi) is 15.9. The van der Waals surface area contributed by atoms with E-state index in [9.17, 15) is 19.5 Å². The molecule has 0 fully saturated rings. The number of hydrogen-bond donors (Lipinski definition) is 2. The second kappa shape index (κ2) is 20.4. The minimum atomic E-state index is -1.05. The SMILES string of the molecule is C=CC(=O)OCCCCCCOc1ccc(C(=O)Oc2ccc(-c3cc(OCCCCCCCCO)ccc3C(=O)O)cc2)cc1. The van der Waals surface area contributed by atoms with Crippen molar-refractivity contribution < 1.29 is 43.5 Å². The molecule has 0 aliphatic rings. The Hall–Kier alpha value is -4.63. The van der Waals surface area contributed by atoms with Gasteiger partial charge in [0.1, 0.15) is 17.2 Å². The molecule has 0 atom stereocenters. The van der Waals surface area contributed by atoms with E-state index in [-0.39, 0.29) is 12.2 Å². The third kappa shape index (κ3) is 12.8. The molecule has 0 radical (unpaired) electrons. The quantitative estimate of drug-likeness (QED) is 0.0497. The zero-order chi connectivity index (χ0) is 33.0. The molecule has 0 saturated heterocycles. The predicted octanol–water partition coefficient (Wildman–Crippen LogP) is 7.65. The van der Waals surface area contributed by atoms with Crippen LogP contribution >= 0.6 is 0 Å². The summed E-state index contributed by atoms with van der Waals surface area (Å²) >= 11 is 0. The van der Waals surface area contributed by atoms with E-state index >= 15 is 0 Å². The van der Waals surface area contributed by atoms with E-state index in [0.29, 0.717) is 53.8 Å². The molecule has 9 heteroatoms. The molecule has 3 aromatic carbocycles. The van der Waals surface area contributed by atoms with Crippen molar-refractivity contribution in [3.05, 3.63) is 90.5 Å². The lowest BCUT2D eigenvalue weighted by atomic mass is 9.99. The number of hydrogen-bond acceptors (Lipinski definition) is 8. The fourth-order valence-corrected chi connectivity index (χ4v) is 4.68. The van der Waals surface area contributed by atoms with Gasteiger partial charge in [-0.25, -0.2) is 14.4 Å². The summed E-state index contributed by atoms with van der Waals surface area (Å²) in [5, 5.41) is 18.6. The van der Waals surface area contributed by atoms with Crippen LogP contribution in [-0.2, 0) is 9.53 Å². The number of carbonyl (C=O) groups excluding carboxylic acids is 2. The van der Waals surface area contributed by atoms with Crippen molar-refractivity contribution in [2.75, 3.05) is 26.4 Å². The topological polar surface area (TPSA) is 129 Å². The number of esters is 2. The average molecular weight is 633 g/mol. The molecule has 3 rings (SSSR count). The molecule has 0 aromatic heterocycles. The highest BCUT2D eigenvalue weighted by Gasteiger charge is 2.15. The minimum absolute atomic E-state index is 0.148. The third-order valence-electron chi connectivity index (χ3n) is 7.23. The van der Waals surface area contributed by atoms with Crippen LogP contribution in [0, 0.1) is 0 Å². The summed E-state index contributed by atoms with van der Waals surface area (Å²) in [5.41, 5.74) is 1.68. The maximum atomic E-state index is 12.7. The molecule has 9 nitrogen and oxygen atoms in total. The Bertz CT molecular complexity index is 1380. The van der Waals surface area contributed by atoms with Crippen LogP contribution < -0.4 is 14.2 Å². The lowest BCUT2D eigenvalue weighted by molar-refractivity contribution is -0.137. The van der Waals surface area contributed by atoms with E-state index in [2.05, 4.69) is 6.58 Å². The number of aromatic carboxylic acids is 1. The zero-order valence-corrected chi connectivity index (χ0v) is 26.3. The lowest BCUT2D eigenvalue weighted by Gasteiger charge is -2.12. The maximum absolute atomic E-state index is 12.7. The van der Waals surface area contributed by atoms with Gasteiger partial charge in [0.25, 0.3) is 0 Å². The largest absolute Gasteiger partial charge is 0.494 e. The normalized spacial score (nSPS) is 10.6. The van der Waals surface area contributed by atoms with Crippen molar-refractivity contribution in [3.8, 4) is 28.4 Å². The fraction of sp³-hybridized carbons (Fsp3) is 0.378. The lowest BCUT2D eigenvalue weighted by Crippen LogP contribution is -2.08. The Morgan fingerprint density at radius 1 is 0.652 bits per heavy atom.